The number of thiophene rings is 1. The number of fused-ring (bicyclic) bond motifs is 1. The number of hydrogen-bond acceptors (Lipinski definition) is 7. The Hall–Kier alpha value is -3.57. The Labute approximate surface area is 289 Å². The summed E-state index contributed by atoms with van der Waals surface area (Å²) in [7, 11) is 0. The number of anilines is 2. The molecule has 0 bridgehead atoms. The molecular formula is C33H41F6N7O3S. The van der Waals surface area contributed by atoms with Crippen molar-refractivity contribution < 1.29 is 40.7 Å². The molecule has 1 atom stereocenters. The maximum Gasteiger partial charge on any atom is 0.418 e. The highest BCUT2D eigenvalue weighted by Crippen LogP contribution is 2.42. The van der Waals surface area contributed by atoms with Crippen LogP contribution in [0.15, 0.2) is 22.9 Å². The standard InChI is InChI=1S/C33H41F6N7O3S/c34-32(35,36)25-14-20(15-26(29(25)40)33(37,38)39)13-21(30(48)45-9-1-23(2-10-45)43-11-5-41-6-12-43)16-28(47)44-7-3-24(4-8-44)46-17-22-18-50-19-27(22)42-31(46)49/h14-15,18-19,21,23-24,41H,1-13,16-17,40H2,(H,42,49)/t21-/m0/s1. The number of likely N-dealkylation sites (tertiary alicyclic amines) is 2. The van der Waals surface area contributed by atoms with Gasteiger partial charge in [-0.2, -0.15) is 26.3 Å². The van der Waals surface area contributed by atoms with Crippen molar-refractivity contribution in [3.63, 3.8) is 0 Å². The second kappa shape index (κ2) is 14.6. The molecule has 1 aromatic heterocycles. The quantitative estimate of drug-likeness (QED) is 0.278. The molecule has 17 heteroatoms. The molecule has 0 radical (unpaired) electrons. The Kier molecular flexibility index (Phi) is 10.6. The van der Waals surface area contributed by atoms with Crippen molar-refractivity contribution >= 4 is 40.6 Å². The van der Waals surface area contributed by atoms with Crippen LogP contribution in [0.3, 0.4) is 0 Å². The Morgan fingerprint density at radius 1 is 0.860 bits per heavy atom. The number of nitrogens with two attached hydrogens (primary N) is 1. The SMILES string of the molecule is Nc1c(C(F)(F)F)cc(C[C@@H](CC(=O)N2CCC(N3Cc4cscc4NC3=O)CC2)C(=O)N2CCC(N3CCNCC3)CC2)cc1C(F)(F)F. The normalized spacial score (nSPS) is 20.8. The van der Waals surface area contributed by atoms with Gasteiger partial charge < -0.3 is 31.1 Å². The van der Waals surface area contributed by atoms with E-state index in [1.807, 2.05) is 10.8 Å². The number of benzene rings is 1. The minimum Gasteiger partial charge on any atom is -0.398 e. The van der Waals surface area contributed by atoms with Gasteiger partial charge in [0.2, 0.25) is 11.8 Å². The van der Waals surface area contributed by atoms with Crippen LogP contribution in [-0.4, -0.2) is 102 Å². The molecule has 2 aromatic rings. The summed E-state index contributed by atoms with van der Waals surface area (Å²) in [5.41, 5.74) is 2.11. The first-order chi connectivity index (χ1) is 23.7. The van der Waals surface area contributed by atoms with Crippen molar-refractivity contribution in [2.45, 2.75) is 69.5 Å². The number of nitrogens with zero attached hydrogens (tertiary/aromatic N) is 4. The molecule has 3 fully saturated rings. The molecule has 50 heavy (non-hydrogen) atoms. The third-order valence-electron chi connectivity index (χ3n) is 10.4. The fourth-order valence-corrected chi connectivity index (χ4v) is 8.43. The van der Waals surface area contributed by atoms with Crippen molar-refractivity contribution in [2.75, 3.05) is 63.4 Å². The van der Waals surface area contributed by atoms with Crippen LogP contribution in [0.4, 0.5) is 42.5 Å². The maximum atomic E-state index is 14.0. The molecule has 5 heterocycles. The predicted molar refractivity (Wildman–Crippen MR) is 175 cm³/mol. The molecular weight excluding hydrogens is 688 g/mol. The molecule has 0 saturated carbocycles. The van der Waals surface area contributed by atoms with Crippen LogP contribution in [-0.2, 0) is 34.9 Å². The van der Waals surface area contributed by atoms with E-state index in [2.05, 4.69) is 15.5 Å². The van der Waals surface area contributed by atoms with Gasteiger partial charge in [0.25, 0.3) is 0 Å². The van der Waals surface area contributed by atoms with Gasteiger partial charge in [0, 0.05) is 81.8 Å². The lowest BCUT2D eigenvalue weighted by Crippen LogP contribution is -2.53. The summed E-state index contributed by atoms with van der Waals surface area (Å²) >= 11 is 1.49. The van der Waals surface area contributed by atoms with E-state index in [-0.39, 0.29) is 30.1 Å². The van der Waals surface area contributed by atoms with E-state index in [1.54, 1.807) is 14.7 Å². The lowest BCUT2D eigenvalue weighted by molar-refractivity contribution is -0.143. The number of piperidine rings is 2. The topological polar surface area (TPSA) is 114 Å². The lowest BCUT2D eigenvalue weighted by Gasteiger charge is -2.41. The van der Waals surface area contributed by atoms with E-state index in [0.717, 1.165) is 37.4 Å². The average Bonchev–Trinajstić information content (AvgIpc) is 3.54. The van der Waals surface area contributed by atoms with Gasteiger partial charge in [0.1, 0.15) is 0 Å². The van der Waals surface area contributed by atoms with Gasteiger partial charge in [0.15, 0.2) is 0 Å². The third kappa shape index (κ3) is 7.99. The first-order valence-corrected chi connectivity index (χ1v) is 17.8. The number of nitrogens with one attached hydrogen (secondary N) is 2. The van der Waals surface area contributed by atoms with E-state index in [1.165, 1.54) is 11.3 Å². The van der Waals surface area contributed by atoms with Crippen LogP contribution >= 0.6 is 11.3 Å². The van der Waals surface area contributed by atoms with Crippen LogP contribution < -0.4 is 16.4 Å². The van der Waals surface area contributed by atoms with Crippen molar-refractivity contribution in [1.82, 2.24) is 24.9 Å². The van der Waals surface area contributed by atoms with E-state index in [4.69, 9.17) is 5.73 Å². The van der Waals surface area contributed by atoms with Crippen LogP contribution in [0, 0.1) is 5.92 Å². The molecule has 10 nitrogen and oxygen atoms in total. The summed E-state index contributed by atoms with van der Waals surface area (Å²) in [6.45, 7) is 5.26. The summed E-state index contributed by atoms with van der Waals surface area (Å²) < 4.78 is 83.1. The van der Waals surface area contributed by atoms with Crippen LogP contribution in [0.1, 0.15) is 54.4 Å². The van der Waals surface area contributed by atoms with Gasteiger partial charge in [-0.15, -0.1) is 11.3 Å². The van der Waals surface area contributed by atoms with E-state index in [0.29, 0.717) is 70.5 Å². The lowest BCUT2D eigenvalue weighted by atomic mass is 9.90. The van der Waals surface area contributed by atoms with Crippen molar-refractivity contribution in [1.29, 1.82) is 0 Å². The minimum atomic E-state index is -5.16. The molecule has 0 spiro atoms. The smallest absolute Gasteiger partial charge is 0.398 e. The molecule has 4 aliphatic heterocycles. The van der Waals surface area contributed by atoms with Crippen molar-refractivity contribution in [3.8, 4) is 0 Å². The molecule has 4 amide bonds. The van der Waals surface area contributed by atoms with Crippen LogP contribution in [0.5, 0.6) is 0 Å². The minimum absolute atomic E-state index is 0.127. The summed E-state index contributed by atoms with van der Waals surface area (Å²) in [6.07, 6.45) is -8.88. The Morgan fingerprint density at radius 3 is 2.04 bits per heavy atom. The molecule has 1 aromatic carbocycles. The van der Waals surface area contributed by atoms with Crippen molar-refractivity contribution in [3.05, 3.63) is 45.1 Å². The molecule has 0 unspecified atom stereocenters. The molecule has 0 aliphatic carbocycles. The largest absolute Gasteiger partial charge is 0.418 e. The van der Waals surface area contributed by atoms with Crippen LogP contribution in [0.25, 0.3) is 0 Å². The van der Waals surface area contributed by atoms with E-state index in [9.17, 15) is 40.7 Å². The number of piperazine rings is 1. The van der Waals surface area contributed by atoms with Gasteiger partial charge in [-0.3, -0.25) is 14.5 Å². The number of urea groups is 1. The fraction of sp³-hybridized carbons (Fsp3) is 0.606. The average molecular weight is 730 g/mol. The zero-order valence-corrected chi connectivity index (χ0v) is 28.2. The highest BCUT2D eigenvalue weighted by atomic mass is 32.1. The highest BCUT2D eigenvalue weighted by Gasteiger charge is 2.42. The molecule has 4 N–H and O–H groups in total. The van der Waals surface area contributed by atoms with Crippen LogP contribution in [0.2, 0.25) is 0 Å². The molecule has 3 saturated heterocycles. The van der Waals surface area contributed by atoms with Gasteiger partial charge in [-0.25, -0.2) is 4.79 Å². The first-order valence-electron chi connectivity index (χ1n) is 16.9. The molecule has 4 aliphatic rings. The molecule has 6 rings (SSSR count). The molecule has 274 valence electrons. The van der Waals surface area contributed by atoms with Gasteiger partial charge in [-0.05, 0) is 55.2 Å². The summed E-state index contributed by atoms with van der Waals surface area (Å²) in [5, 5.41) is 10.0. The Balaban J connectivity index is 1.18. The Bertz CT molecular complexity index is 1530. The number of hydrogen-bond donors (Lipinski definition) is 3. The fourth-order valence-electron chi connectivity index (χ4n) is 7.65. The predicted octanol–water partition coefficient (Wildman–Crippen LogP) is 4.85. The second-order valence-corrected chi connectivity index (χ2v) is 14.3. The summed E-state index contributed by atoms with van der Waals surface area (Å²) in [5.74, 6) is -2.07. The number of carbonyl (C=O) groups is 3. The third-order valence-corrected chi connectivity index (χ3v) is 11.2. The summed E-state index contributed by atoms with van der Waals surface area (Å²) in [4.78, 5) is 47.7. The second-order valence-electron chi connectivity index (χ2n) is 13.5. The monoisotopic (exact) mass is 729 g/mol. The van der Waals surface area contributed by atoms with E-state index >= 15 is 0 Å². The number of halogens is 6. The van der Waals surface area contributed by atoms with E-state index < -0.39 is 53.3 Å². The van der Waals surface area contributed by atoms with Gasteiger partial charge >= 0.3 is 18.4 Å². The zero-order valence-electron chi connectivity index (χ0n) is 27.4. The van der Waals surface area contributed by atoms with Crippen molar-refractivity contribution in [2.24, 2.45) is 5.92 Å². The number of nitrogen functional groups attached to an aromatic ring is 1. The highest BCUT2D eigenvalue weighted by molar-refractivity contribution is 7.08. The Morgan fingerprint density at radius 2 is 1.44 bits per heavy atom. The zero-order chi connectivity index (χ0) is 35.8. The van der Waals surface area contributed by atoms with Gasteiger partial charge in [0.05, 0.1) is 35.0 Å². The van der Waals surface area contributed by atoms with Gasteiger partial charge in [-0.1, -0.05) is 0 Å². The number of amides is 4. The summed E-state index contributed by atoms with van der Waals surface area (Å²) in [6, 6.07) is 1.03. The number of alkyl halides is 6. The first kappa shape index (κ1) is 36.2. The number of rotatable bonds is 7. The number of carbonyl (C=O) groups excluding carboxylic acids is 3. The maximum absolute atomic E-state index is 14.0.